The van der Waals surface area contributed by atoms with Crippen LogP contribution in [0.3, 0.4) is 0 Å². The van der Waals surface area contributed by atoms with Crippen LogP contribution < -0.4 is 0 Å². The van der Waals surface area contributed by atoms with Crippen LogP contribution in [0.25, 0.3) is 0 Å². The van der Waals surface area contributed by atoms with E-state index in [9.17, 15) is 26.4 Å². The fraction of sp³-hybridized carbons (Fsp3) is 0.222. The number of aromatic hydroxyl groups is 2. The second-order valence-electron chi connectivity index (χ2n) is 6.49. The third kappa shape index (κ3) is 12.2. The first-order valence-electron chi connectivity index (χ1n) is 8.60. The van der Waals surface area contributed by atoms with Gasteiger partial charge in [-0.1, -0.05) is 13.8 Å². The summed E-state index contributed by atoms with van der Waals surface area (Å²) < 4.78 is 59.6. The van der Waals surface area contributed by atoms with Crippen LogP contribution in [-0.2, 0) is 20.2 Å². The second-order valence-corrected chi connectivity index (χ2v) is 9.34. The smallest absolute Gasteiger partial charge is 0.339 e. The van der Waals surface area contributed by atoms with Gasteiger partial charge < -0.3 is 25.5 Å². The van der Waals surface area contributed by atoms with Crippen LogP contribution in [-0.4, -0.2) is 121 Å². The van der Waals surface area contributed by atoms with Gasteiger partial charge in [-0.2, -0.15) is 16.8 Å². The van der Waals surface area contributed by atoms with Gasteiger partial charge in [0.25, 0.3) is 20.2 Å². The molecule has 0 spiro atoms. The number of rotatable bonds is 5. The van der Waals surface area contributed by atoms with Crippen molar-refractivity contribution in [1.82, 2.24) is 0 Å². The van der Waals surface area contributed by atoms with Crippen LogP contribution in [0.5, 0.6) is 11.5 Å². The Morgan fingerprint density at radius 3 is 1.21 bits per heavy atom. The summed E-state index contributed by atoms with van der Waals surface area (Å²) in [6, 6.07) is 4.91. The molecule has 0 saturated carbocycles. The third-order valence-corrected chi connectivity index (χ3v) is 5.06. The van der Waals surface area contributed by atoms with Crippen molar-refractivity contribution >= 4 is 83.6 Å². The molecular formula is C18H22KO13S2. The van der Waals surface area contributed by atoms with E-state index in [1.165, 1.54) is 0 Å². The Kier molecular flexibility index (Phi) is 15.0. The molecule has 2 aromatic carbocycles. The van der Waals surface area contributed by atoms with E-state index in [1.807, 2.05) is 13.8 Å². The molecule has 0 aliphatic carbocycles. The zero-order chi connectivity index (χ0) is 26.1. The quantitative estimate of drug-likeness (QED) is 0.203. The Balaban J connectivity index is 0. The minimum Gasteiger partial charge on any atom is -0.507 e. The van der Waals surface area contributed by atoms with E-state index in [2.05, 4.69) is 0 Å². The van der Waals surface area contributed by atoms with Crippen LogP contribution in [0.1, 0.15) is 34.6 Å². The number of phenols is 2. The van der Waals surface area contributed by atoms with Crippen molar-refractivity contribution in [3.63, 3.8) is 0 Å². The molecule has 0 fully saturated rings. The van der Waals surface area contributed by atoms with E-state index in [4.69, 9.17) is 34.6 Å². The molecule has 0 aromatic heterocycles. The average Bonchev–Trinajstić information content (AvgIpc) is 2.67. The van der Waals surface area contributed by atoms with Crippen LogP contribution in [0.2, 0.25) is 0 Å². The monoisotopic (exact) mass is 549 g/mol. The maximum atomic E-state index is 10.6. The van der Waals surface area contributed by atoms with Gasteiger partial charge in [-0.25, -0.2) is 9.59 Å². The van der Waals surface area contributed by atoms with E-state index in [-0.39, 0.29) is 51.4 Å². The standard InChI is InChI=1S/2C7H6O6S.C4H10O.K/c2*8-6-2-1-4(14(11,12)13)3-5(6)7(9)10;1-4(2)3-5;/h2*1-3,8H,(H,9,10)(H,11,12,13);4-5H,3H2,1-2H3;. The number of aliphatic hydroxyl groups excluding tert-OH is 1. The van der Waals surface area contributed by atoms with Crippen molar-refractivity contribution < 1.29 is 61.1 Å². The van der Waals surface area contributed by atoms with Crippen LogP contribution in [0, 0.1) is 5.92 Å². The summed E-state index contributed by atoms with van der Waals surface area (Å²) in [5, 5.41) is 43.2. The maximum absolute atomic E-state index is 10.6. The van der Waals surface area contributed by atoms with Gasteiger partial charge in [-0.05, 0) is 42.3 Å². The summed E-state index contributed by atoms with van der Waals surface area (Å²) in [5.41, 5.74) is -1.17. The first-order chi connectivity index (χ1) is 14.9. The van der Waals surface area contributed by atoms with Crippen molar-refractivity contribution in [2.75, 3.05) is 6.61 Å². The minimum atomic E-state index is -4.45. The molecule has 0 aliphatic rings. The van der Waals surface area contributed by atoms with Crippen LogP contribution >= 0.6 is 0 Å². The zero-order valence-corrected chi connectivity index (χ0v) is 22.9. The van der Waals surface area contributed by atoms with E-state index in [1.54, 1.807) is 0 Å². The summed E-state index contributed by atoms with van der Waals surface area (Å²) in [6.07, 6.45) is 0. The van der Waals surface area contributed by atoms with Crippen LogP contribution in [0.15, 0.2) is 46.2 Å². The predicted octanol–water partition coefficient (Wildman–Crippen LogP) is 0.928. The van der Waals surface area contributed by atoms with E-state index >= 15 is 0 Å². The molecule has 2 aromatic rings. The van der Waals surface area contributed by atoms with E-state index < -0.39 is 64.6 Å². The maximum Gasteiger partial charge on any atom is 0.339 e. The number of hydrogen-bond acceptors (Lipinski definition) is 9. The molecule has 1 radical (unpaired) electrons. The Hall–Kier alpha value is -1.60. The summed E-state index contributed by atoms with van der Waals surface area (Å²) in [7, 11) is -8.90. The van der Waals surface area contributed by atoms with E-state index in [0.717, 1.165) is 24.3 Å². The van der Waals surface area contributed by atoms with Crippen molar-refractivity contribution in [3.05, 3.63) is 47.5 Å². The van der Waals surface area contributed by atoms with Gasteiger partial charge in [0.15, 0.2) is 0 Å². The number of carboxylic acid groups (broad SMARTS) is 2. The Morgan fingerprint density at radius 2 is 1.03 bits per heavy atom. The first kappa shape index (κ1) is 34.6. The molecule has 34 heavy (non-hydrogen) atoms. The molecular weight excluding hydrogens is 527 g/mol. The van der Waals surface area contributed by atoms with Crippen molar-refractivity contribution in [2.24, 2.45) is 5.92 Å². The minimum absolute atomic E-state index is 0. The topological polar surface area (TPSA) is 244 Å². The molecule has 0 saturated heterocycles. The van der Waals surface area contributed by atoms with Crippen molar-refractivity contribution in [3.8, 4) is 11.5 Å². The van der Waals surface area contributed by atoms with E-state index in [0.29, 0.717) is 24.7 Å². The largest absolute Gasteiger partial charge is 0.507 e. The number of carbonyl (C=O) groups is 2. The predicted molar refractivity (Wildman–Crippen MR) is 117 cm³/mol. The Morgan fingerprint density at radius 1 is 0.765 bits per heavy atom. The Labute approximate surface area is 237 Å². The van der Waals surface area contributed by atoms with Gasteiger partial charge in [-0.3, -0.25) is 9.11 Å². The molecule has 0 amide bonds. The molecule has 0 heterocycles. The summed E-state index contributed by atoms with van der Waals surface area (Å²) >= 11 is 0. The molecule has 16 heteroatoms. The number of aliphatic hydroxyl groups is 1. The molecule has 0 aliphatic heterocycles. The molecule has 13 nitrogen and oxygen atoms in total. The van der Waals surface area contributed by atoms with Gasteiger partial charge in [0.05, 0.1) is 9.79 Å². The number of carboxylic acids is 2. The molecule has 0 atom stereocenters. The normalized spacial score (nSPS) is 10.6. The summed E-state index contributed by atoms with van der Waals surface area (Å²) in [5.74, 6) is -3.65. The zero-order valence-electron chi connectivity index (χ0n) is 18.1. The fourth-order valence-electron chi connectivity index (χ4n) is 1.69. The van der Waals surface area contributed by atoms with Gasteiger partial charge >= 0.3 is 11.9 Å². The van der Waals surface area contributed by atoms with Crippen molar-refractivity contribution in [2.45, 2.75) is 23.6 Å². The second kappa shape index (κ2) is 14.7. The van der Waals surface area contributed by atoms with Gasteiger partial charge in [-0.15, -0.1) is 0 Å². The Bertz CT molecular complexity index is 1110. The summed E-state index contributed by atoms with van der Waals surface area (Å²) in [4.78, 5) is 19.8. The molecule has 2 rings (SSSR count). The van der Waals surface area contributed by atoms with Crippen LogP contribution in [0.4, 0.5) is 0 Å². The average molecular weight is 550 g/mol. The molecule has 185 valence electrons. The molecule has 7 N–H and O–H groups in total. The first-order valence-corrected chi connectivity index (χ1v) is 11.5. The number of benzene rings is 2. The van der Waals surface area contributed by atoms with Gasteiger partial charge in [0.2, 0.25) is 0 Å². The SMILES string of the molecule is CC(C)CO.O=C(O)c1cc(S(=O)(=O)O)ccc1O.O=C(O)c1cc(S(=O)(=O)O)ccc1O.[K]. The number of hydrogen-bond donors (Lipinski definition) is 7. The molecule has 0 unspecified atom stereocenters. The fourth-order valence-corrected chi connectivity index (χ4v) is 2.71. The van der Waals surface area contributed by atoms with Crippen molar-refractivity contribution in [1.29, 1.82) is 0 Å². The van der Waals surface area contributed by atoms with Gasteiger partial charge in [0.1, 0.15) is 22.6 Å². The third-order valence-electron chi connectivity index (χ3n) is 3.36. The molecule has 0 bridgehead atoms. The summed E-state index contributed by atoms with van der Waals surface area (Å²) in [6.45, 7) is 4.25. The van der Waals surface area contributed by atoms with Gasteiger partial charge in [0, 0.05) is 58.0 Å². The number of aromatic carboxylic acids is 2.